The summed E-state index contributed by atoms with van der Waals surface area (Å²) in [5.41, 5.74) is 5.00. The molecule has 142 valence electrons. The van der Waals surface area contributed by atoms with E-state index < -0.39 is 0 Å². The topological polar surface area (TPSA) is 58.1 Å². The molecule has 28 heavy (non-hydrogen) atoms. The Morgan fingerprint density at radius 3 is 2.71 bits per heavy atom. The molecule has 1 unspecified atom stereocenters. The minimum Gasteiger partial charge on any atom is -0.324 e. The molecule has 2 aromatic carbocycles. The predicted octanol–water partition coefficient (Wildman–Crippen LogP) is 5.08. The van der Waals surface area contributed by atoms with Crippen LogP contribution in [0, 0.1) is 13.8 Å². The summed E-state index contributed by atoms with van der Waals surface area (Å²) < 4.78 is 0. The van der Waals surface area contributed by atoms with Gasteiger partial charge in [0.25, 0.3) is 5.91 Å². The Hall–Kier alpha value is -2.92. The highest BCUT2D eigenvalue weighted by molar-refractivity contribution is 6.31. The van der Waals surface area contributed by atoms with Gasteiger partial charge in [0.1, 0.15) is 5.69 Å². The monoisotopic (exact) mass is 392 g/mol. The van der Waals surface area contributed by atoms with Crippen molar-refractivity contribution < 1.29 is 4.79 Å². The van der Waals surface area contributed by atoms with Crippen LogP contribution in [0.25, 0.3) is 0 Å². The second-order valence-corrected chi connectivity index (χ2v) is 7.57. The van der Waals surface area contributed by atoms with E-state index in [9.17, 15) is 4.79 Å². The van der Waals surface area contributed by atoms with Gasteiger partial charge in [0.2, 0.25) is 5.95 Å². The molecular formula is C22H21ClN4O. The lowest BCUT2D eigenvalue weighted by Gasteiger charge is -2.22. The van der Waals surface area contributed by atoms with Crippen molar-refractivity contribution in [1.29, 1.82) is 0 Å². The molecule has 3 aromatic rings. The number of nitrogens with one attached hydrogen (secondary N) is 1. The van der Waals surface area contributed by atoms with Crippen molar-refractivity contribution >= 4 is 34.8 Å². The third-order valence-electron chi connectivity index (χ3n) is 4.93. The zero-order valence-corrected chi connectivity index (χ0v) is 16.8. The Kier molecular flexibility index (Phi) is 4.77. The maximum absolute atomic E-state index is 13.3. The van der Waals surface area contributed by atoms with E-state index in [0.717, 1.165) is 29.1 Å². The van der Waals surface area contributed by atoms with Crippen LogP contribution in [0.15, 0.2) is 48.5 Å². The minimum absolute atomic E-state index is 0.0903. The van der Waals surface area contributed by atoms with Gasteiger partial charge in [-0.3, -0.25) is 4.79 Å². The molecule has 0 radical (unpaired) electrons. The summed E-state index contributed by atoms with van der Waals surface area (Å²) in [5, 5.41) is 3.81. The maximum atomic E-state index is 13.3. The second-order valence-electron chi connectivity index (χ2n) is 7.16. The predicted molar refractivity (Wildman–Crippen MR) is 113 cm³/mol. The number of hydrogen-bond acceptors (Lipinski definition) is 4. The zero-order chi connectivity index (χ0) is 19.8. The molecule has 0 aliphatic carbocycles. The summed E-state index contributed by atoms with van der Waals surface area (Å²) >= 11 is 6.20. The van der Waals surface area contributed by atoms with Gasteiger partial charge in [-0.05, 0) is 62.6 Å². The lowest BCUT2D eigenvalue weighted by molar-refractivity contribution is 0.0976. The molecule has 5 nitrogen and oxygen atoms in total. The van der Waals surface area contributed by atoms with Gasteiger partial charge >= 0.3 is 0 Å². The summed E-state index contributed by atoms with van der Waals surface area (Å²) in [7, 11) is 0. The summed E-state index contributed by atoms with van der Waals surface area (Å²) in [4.78, 5) is 24.0. The highest BCUT2D eigenvalue weighted by Crippen LogP contribution is 2.33. The first-order valence-electron chi connectivity index (χ1n) is 9.22. The average molecular weight is 393 g/mol. The number of para-hydroxylation sites is 1. The number of aryl methyl sites for hydroxylation is 2. The first-order chi connectivity index (χ1) is 13.4. The van der Waals surface area contributed by atoms with Crippen LogP contribution in [-0.4, -0.2) is 21.9 Å². The Morgan fingerprint density at radius 1 is 1.14 bits per heavy atom. The Morgan fingerprint density at radius 2 is 1.93 bits per heavy atom. The molecule has 1 atom stereocenters. The molecule has 6 heteroatoms. The Bertz CT molecular complexity index is 1070. The molecular weight excluding hydrogens is 372 g/mol. The van der Waals surface area contributed by atoms with Crippen LogP contribution in [0.1, 0.15) is 34.2 Å². The molecule has 0 saturated heterocycles. The van der Waals surface area contributed by atoms with Crippen LogP contribution in [0.3, 0.4) is 0 Å². The molecule has 0 fully saturated rings. The van der Waals surface area contributed by atoms with E-state index in [1.807, 2.05) is 55.1 Å². The SMILES string of the molecule is Cc1cc(C(=O)N2c3ccccc3CC2C)nc(Nc2ccc(C)c(Cl)c2)n1. The van der Waals surface area contributed by atoms with Gasteiger partial charge in [-0.1, -0.05) is 35.9 Å². The van der Waals surface area contributed by atoms with Crippen molar-refractivity contribution in [2.75, 3.05) is 10.2 Å². The van der Waals surface area contributed by atoms with Gasteiger partial charge in [0.05, 0.1) is 0 Å². The lowest BCUT2D eigenvalue weighted by Crippen LogP contribution is -2.36. The van der Waals surface area contributed by atoms with E-state index in [1.54, 1.807) is 6.07 Å². The van der Waals surface area contributed by atoms with Crippen LogP contribution < -0.4 is 10.2 Å². The van der Waals surface area contributed by atoms with Crippen LogP contribution in [-0.2, 0) is 6.42 Å². The molecule has 1 aliphatic rings. The number of fused-ring (bicyclic) bond motifs is 1. The van der Waals surface area contributed by atoms with E-state index in [0.29, 0.717) is 16.7 Å². The van der Waals surface area contributed by atoms with Gasteiger partial charge in [0, 0.05) is 28.1 Å². The van der Waals surface area contributed by atoms with Crippen LogP contribution >= 0.6 is 11.6 Å². The molecule has 1 N–H and O–H groups in total. The first-order valence-corrected chi connectivity index (χ1v) is 9.60. The molecule has 0 bridgehead atoms. The molecule has 4 rings (SSSR count). The molecule has 0 saturated carbocycles. The molecule has 1 aliphatic heterocycles. The Balaban J connectivity index is 1.65. The van der Waals surface area contributed by atoms with Gasteiger partial charge in [-0.15, -0.1) is 0 Å². The minimum atomic E-state index is -0.118. The van der Waals surface area contributed by atoms with Crippen molar-refractivity contribution in [1.82, 2.24) is 9.97 Å². The van der Waals surface area contributed by atoms with Crippen molar-refractivity contribution in [3.8, 4) is 0 Å². The standard InChI is InChI=1S/C22H21ClN4O/c1-13-8-9-17(12-18(13)23)25-22-24-14(2)10-19(26-22)21(28)27-15(3)11-16-6-4-5-7-20(16)27/h4-10,12,15H,11H2,1-3H3,(H,24,25,26). The summed E-state index contributed by atoms with van der Waals surface area (Å²) in [6.07, 6.45) is 0.846. The van der Waals surface area contributed by atoms with E-state index >= 15 is 0 Å². The highest BCUT2D eigenvalue weighted by atomic mass is 35.5. The van der Waals surface area contributed by atoms with Crippen molar-refractivity contribution in [2.24, 2.45) is 0 Å². The third kappa shape index (κ3) is 3.45. The van der Waals surface area contributed by atoms with E-state index in [2.05, 4.69) is 28.3 Å². The molecule has 0 spiro atoms. The quantitative estimate of drug-likeness (QED) is 0.675. The number of anilines is 3. The molecule has 1 aromatic heterocycles. The van der Waals surface area contributed by atoms with E-state index in [1.165, 1.54) is 5.56 Å². The van der Waals surface area contributed by atoms with Crippen molar-refractivity contribution in [2.45, 2.75) is 33.2 Å². The third-order valence-corrected chi connectivity index (χ3v) is 5.33. The Labute approximate surface area is 169 Å². The van der Waals surface area contributed by atoms with Crippen LogP contribution in [0.5, 0.6) is 0 Å². The van der Waals surface area contributed by atoms with Crippen molar-refractivity contribution in [3.63, 3.8) is 0 Å². The van der Waals surface area contributed by atoms with Gasteiger partial charge < -0.3 is 10.2 Å². The maximum Gasteiger partial charge on any atom is 0.277 e. The number of amides is 1. The summed E-state index contributed by atoms with van der Waals surface area (Å²) in [5.74, 6) is 0.261. The summed E-state index contributed by atoms with van der Waals surface area (Å²) in [6.45, 7) is 5.85. The first kappa shape index (κ1) is 18.4. The fraction of sp³-hybridized carbons (Fsp3) is 0.227. The fourth-order valence-corrected chi connectivity index (χ4v) is 3.71. The molecule has 2 heterocycles. The van der Waals surface area contributed by atoms with E-state index in [-0.39, 0.29) is 11.9 Å². The van der Waals surface area contributed by atoms with Crippen molar-refractivity contribution in [3.05, 3.63) is 76.1 Å². The van der Waals surface area contributed by atoms with Crippen LogP contribution in [0.4, 0.5) is 17.3 Å². The molecule has 1 amide bonds. The number of benzene rings is 2. The smallest absolute Gasteiger partial charge is 0.277 e. The number of aromatic nitrogens is 2. The highest BCUT2D eigenvalue weighted by Gasteiger charge is 2.32. The van der Waals surface area contributed by atoms with Gasteiger partial charge in [0.15, 0.2) is 0 Å². The largest absolute Gasteiger partial charge is 0.324 e. The van der Waals surface area contributed by atoms with Crippen LogP contribution in [0.2, 0.25) is 5.02 Å². The lowest BCUT2D eigenvalue weighted by atomic mass is 10.1. The van der Waals surface area contributed by atoms with Gasteiger partial charge in [-0.2, -0.15) is 0 Å². The summed E-state index contributed by atoms with van der Waals surface area (Å²) in [6, 6.07) is 15.5. The zero-order valence-electron chi connectivity index (χ0n) is 16.0. The second kappa shape index (κ2) is 7.24. The number of hydrogen-bond donors (Lipinski definition) is 1. The number of carbonyl (C=O) groups is 1. The fourth-order valence-electron chi connectivity index (χ4n) is 3.53. The number of halogens is 1. The van der Waals surface area contributed by atoms with Gasteiger partial charge in [-0.25, -0.2) is 9.97 Å². The van der Waals surface area contributed by atoms with E-state index in [4.69, 9.17) is 11.6 Å². The normalized spacial score (nSPS) is 15.4. The number of rotatable bonds is 3. The number of nitrogens with zero attached hydrogens (tertiary/aromatic N) is 3. The average Bonchev–Trinajstić information content (AvgIpc) is 2.99. The number of carbonyl (C=O) groups excluding carboxylic acids is 1.